The van der Waals surface area contributed by atoms with E-state index in [1.807, 2.05) is 37.3 Å². The molecule has 194 valence electrons. The second-order valence-electron chi connectivity index (χ2n) is 7.71. The molecule has 1 amide bonds. The van der Waals surface area contributed by atoms with Gasteiger partial charge in [0.25, 0.3) is 0 Å². The number of nitrogens with one attached hydrogen (secondary N) is 1. The second-order valence-corrected chi connectivity index (χ2v) is 8.73. The number of anilines is 1. The van der Waals surface area contributed by atoms with E-state index >= 15 is 0 Å². The summed E-state index contributed by atoms with van der Waals surface area (Å²) in [6.07, 6.45) is 2.93. The molecule has 0 fully saturated rings. The normalized spacial score (nSPS) is 10.7. The van der Waals surface area contributed by atoms with Crippen molar-refractivity contribution in [2.45, 2.75) is 27.4 Å². The SMILES string of the molecule is CCOC(=O)c1c(NC(=O)/C=C/c2ccc(OCC)c(OC)c2)sc(C(=O)OCc2ccccc2)c1C. The van der Waals surface area contributed by atoms with Gasteiger partial charge in [0.1, 0.15) is 16.5 Å². The first-order valence-corrected chi connectivity index (χ1v) is 12.5. The summed E-state index contributed by atoms with van der Waals surface area (Å²) in [5.41, 5.74) is 2.06. The molecule has 0 saturated carbocycles. The number of hydrogen-bond donors (Lipinski definition) is 1. The summed E-state index contributed by atoms with van der Waals surface area (Å²) in [6.45, 7) is 5.92. The Hall–Kier alpha value is -4.11. The zero-order chi connectivity index (χ0) is 26.8. The van der Waals surface area contributed by atoms with Crippen LogP contribution in [0.15, 0.2) is 54.6 Å². The number of esters is 2. The lowest BCUT2D eigenvalue weighted by Gasteiger charge is -2.09. The number of amides is 1. The Morgan fingerprint density at radius 3 is 2.38 bits per heavy atom. The van der Waals surface area contributed by atoms with Gasteiger partial charge >= 0.3 is 11.9 Å². The molecule has 3 rings (SSSR count). The minimum atomic E-state index is -0.631. The Labute approximate surface area is 219 Å². The number of thiophene rings is 1. The molecular formula is C28H29NO7S. The van der Waals surface area contributed by atoms with Gasteiger partial charge in [0.2, 0.25) is 5.91 Å². The van der Waals surface area contributed by atoms with Gasteiger partial charge in [-0.25, -0.2) is 9.59 Å². The smallest absolute Gasteiger partial charge is 0.349 e. The zero-order valence-electron chi connectivity index (χ0n) is 21.2. The molecule has 0 aliphatic rings. The number of ether oxygens (including phenoxy) is 4. The highest BCUT2D eigenvalue weighted by atomic mass is 32.1. The van der Waals surface area contributed by atoms with Crippen molar-refractivity contribution in [3.8, 4) is 11.5 Å². The van der Waals surface area contributed by atoms with Gasteiger partial charge in [-0.05, 0) is 55.7 Å². The highest BCUT2D eigenvalue weighted by Gasteiger charge is 2.27. The van der Waals surface area contributed by atoms with Crippen molar-refractivity contribution in [3.05, 3.63) is 81.7 Å². The van der Waals surface area contributed by atoms with Crippen LogP contribution >= 0.6 is 11.3 Å². The van der Waals surface area contributed by atoms with Crippen LogP contribution in [0.1, 0.15) is 50.6 Å². The van der Waals surface area contributed by atoms with Gasteiger partial charge in [-0.2, -0.15) is 0 Å². The maximum absolute atomic E-state index is 12.8. The van der Waals surface area contributed by atoms with E-state index in [4.69, 9.17) is 18.9 Å². The Balaban J connectivity index is 1.79. The van der Waals surface area contributed by atoms with E-state index in [1.54, 1.807) is 38.1 Å². The van der Waals surface area contributed by atoms with Crippen LogP contribution < -0.4 is 14.8 Å². The van der Waals surface area contributed by atoms with Crippen LogP contribution in [0.5, 0.6) is 11.5 Å². The summed E-state index contributed by atoms with van der Waals surface area (Å²) in [5.74, 6) is -0.555. The molecule has 0 spiro atoms. The topological polar surface area (TPSA) is 100 Å². The van der Waals surface area contributed by atoms with E-state index in [0.29, 0.717) is 29.2 Å². The highest BCUT2D eigenvalue weighted by molar-refractivity contribution is 7.18. The Morgan fingerprint density at radius 2 is 1.70 bits per heavy atom. The van der Waals surface area contributed by atoms with E-state index < -0.39 is 17.8 Å². The lowest BCUT2D eigenvalue weighted by Crippen LogP contribution is -2.13. The third-order valence-electron chi connectivity index (χ3n) is 5.18. The highest BCUT2D eigenvalue weighted by Crippen LogP contribution is 2.35. The van der Waals surface area contributed by atoms with E-state index in [9.17, 15) is 14.4 Å². The molecular weight excluding hydrogens is 494 g/mol. The molecule has 2 aromatic carbocycles. The van der Waals surface area contributed by atoms with Crippen molar-refractivity contribution in [3.63, 3.8) is 0 Å². The van der Waals surface area contributed by atoms with Gasteiger partial charge in [-0.15, -0.1) is 11.3 Å². The van der Waals surface area contributed by atoms with Crippen LogP contribution in [0.2, 0.25) is 0 Å². The largest absolute Gasteiger partial charge is 0.493 e. The number of methoxy groups -OCH3 is 1. The number of rotatable bonds is 11. The number of carbonyl (C=O) groups excluding carboxylic acids is 3. The monoisotopic (exact) mass is 523 g/mol. The Bertz CT molecular complexity index is 1280. The predicted molar refractivity (Wildman–Crippen MR) is 142 cm³/mol. The van der Waals surface area contributed by atoms with Gasteiger partial charge < -0.3 is 24.3 Å². The first kappa shape index (κ1) is 27.5. The molecule has 0 bridgehead atoms. The predicted octanol–water partition coefficient (Wildman–Crippen LogP) is 5.65. The molecule has 1 N–H and O–H groups in total. The molecule has 0 aliphatic carbocycles. The van der Waals surface area contributed by atoms with Gasteiger partial charge in [-0.1, -0.05) is 36.4 Å². The van der Waals surface area contributed by atoms with E-state index in [-0.39, 0.29) is 28.7 Å². The van der Waals surface area contributed by atoms with Crippen LogP contribution in [0, 0.1) is 6.92 Å². The summed E-state index contributed by atoms with van der Waals surface area (Å²) in [5, 5.41) is 2.91. The average Bonchev–Trinajstić information content (AvgIpc) is 3.23. The van der Waals surface area contributed by atoms with Crippen LogP contribution in [-0.2, 0) is 20.9 Å². The third-order valence-corrected chi connectivity index (χ3v) is 6.36. The molecule has 3 aromatic rings. The van der Waals surface area contributed by atoms with Crippen molar-refractivity contribution in [2.75, 3.05) is 25.6 Å². The van der Waals surface area contributed by atoms with Gasteiger partial charge in [0.05, 0.1) is 25.9 Å². The maximum atomic E-state index is 12.8. The Morgan fingerprint density at radius 1 is 0.946 bits per heavy atom. The van der Waals surface area contributed by atoms with Crippen LogP contribution in [0.3, 0.4) is 0 Å². The van der Waals surface area contributed by atoms with Crippen molar-refractivity contribution in [2.24, 2.45) is 0 Å². The molecule has 0 saturated heterocycles. The number of benzene rings is 2. The van der Waals surface area contributed by atoms with Crippen molar-refractivity contribution in [1.29, 1.82) is 0 Å². The third kappa shape index (κ3) is 7.20. The van der Waals surface area contributed by atoms with Crippen molar-refractivity contribution < 1.29 is 33.3 Å². The fourth-order valence-electron chi connectivity index (χ4n) is 3.42. The molecule has 1 heterocycles. The summed E-state index contributed by atoms with van der Waals surface area (Å²) in [4.78, 5) is 38.4. The van der Waals surface area contributed by atoms with Crippen molar-refractivity contribution >= 4 is 40.3 Å². The molecule has 37 heavy (non-hydrogen) atoms. The number of carbonyl (C=O) groups is 3. The quantitative estimate of drug-likeness (QED) is 0.256. The molecule has 8 nitrogen and oxygen atoms in total. The zero-order valence-corrected chi connectivity index (χ0v) is 22.0. The summed E-state index contributed by atoms with van der Waals surface area (Å²) < 4.78 is 21.4. The van der Waals surface area contributed by atoms with Gasteiger partial charge in [0.15, 0.2) is 11.5 Å². The first-order valence-electron chi connectivity index (χ1n) is 11.7. The molecule has 9 heteroatoms. The van der Waals surface area contributed by atoms with Crippen LogP contribution in [0.4, 0.5) is 5.00 Å². The van der Waals surface area contributed by atoms with Gasteiger partial charge in [-0.3, -0.25) is 4.79 Å². The average molecular weight is 524 g/mol. The van der Waals surface area contributed by atoms with Crippen molar-refractivity contribution in [1.82, 2.24) is 0 Å². The lowest BCUT2D eigenvalue weighted by molar-refractivity contribution is -0.111. The molecule has 0 atom stereocenters. The fourth-order valence-corrected chi connectivity index (χ4v) is 4.51. The van der Waals surface area contributed by atoms with Gasteiger partial charge in [0, 0.05) is 6.08 Å². The first-order chi connectivity index (χ1) is 17.9. The second kappa shape index (κ2) is 13.3. The minimum Gasteiger partial charge on any atom is -0.493 e. The maximum Gasteiger partial charge on any atom is 0.349 e. The molecule has 0 unspecified atom stereocenters. The molecule has 1 aromatic heterocycles. The van der Waals surface area contributed by atoms with E-state index in [0.717, 1.165) is 16.9 Å². The Kier molecular flexibility index (Phi) is 9.85. The summed E-state index contributed by atoms with van der Waals surface area (Å²) in [7, 11) is 1.54. The fraction of sp³-hybridized carbons (Fsp3) is 0.250. The molecule has 0 aliphatic heterocycles. The van der Waals surface area contributed by atoms with Crippen LogP contribution in [0.25, 0.3) is 6.08 Å². The summed E-state index contributed by atoms with van der Waals surface area (Å²) >= 11 is 0.969. The number of hydrogen-bond acceptors (Lipinski definition) is 8. The lowest BCUT2D eigenvalue weighted by atomic mass is 10.1. The van der Waals surface area contributed by atoms with E-state index in [1.165, 1.54) is 13.2 Å². The standard InChI is InChI=1S/C28H29NO7S/c1-5-34-21-14-12-19(16-22(21)33-4)13-15-23(30)29-26-24(27(31)35-6-2)18(3)25(37-26)28(32)36-17-20-10-8-7-9-11-20/h7-16H,5-6,17H2,1-4H3,(H,29,30)/b15-13+. The van der Waals surface area contributed by atoms with Crippen LogP contribution in [-0.4, -0.2) is 38.2 Å². The van der Waals surface area contributed by atoms with E-state index in [2.05, 4.69) is 5.32 Å². The minimum absolute atomic E-state index is 0.0851. The summed E-state index contributed by atoms with van der Waals surface area (Å²) in [6, 6.07) is 14.6. The molecule has 0 radical (unpaired) electrons.